The van der Waals surface area contributed by atoms with E-state index in [2.05, 4.69) is 112 Å². The monoisotopic (exact) mass is 1070 g/mol. The van der Waals surface area contributed by atoms with Crippen molar-refractivity contribution in [3.63, 3.8) is 0 Å². The third kappa shape index (κ3) is 7.02. The van der Waals surface area contributed by atoms with Gasteiger partial charge in [0, 0.05) is 63.8 Å². The summed E-state index contributed by atoms with van der Waals surface area (Å²) in [5.41, 5.74) is 7.46. The quantitative estimate of drug-likeness (QED) is 0.161. The van der Waals surface area contributed by atoms with Crippen LogP contribution in [0.5, 0.6) is 11.5 Å². The fraction of sp³-hybridized carbons (Fsp3) is 0.129. The number of benzene rings is 8. The van der Waals surface area contributed by atoms with Gasteiger partial charge in [0.1, 0.15) is 5.82 Å². The summed E-state index contributed by atoms with van der Waals surface area (Å²) in [6.45, 7) is 7.22. The van der Waals surface area contributed by atoms with Crippen LogP contribution in [0.15, 0.2) is 164 Å². The van der Waals surface area contributed by atoms with Gasteiger partial charge in [0.15, 0.2) is 0 Å². The van der Waals surface area contributed by atoms with Gasteiger partial charge >= 0.3 is 0 Å². The first kappa shape index (κ1) is 33.2. The molecule has 0 bridgehead atoms. The number of ether oxygens (including phenoxy) is 1. The van der Waals surface area contributed by atoms with Crippen molar-refractivity contribution < 1.29 is 39.5 Å². The number of rotatable bonds is 5. The second-order valence-corrected chi connectivity index (χ2v) is 18.3. The molecule has 8 aromatic carbocycles. The summed E-state index contributed by atoms with van der Waals surface area (Å²) in [7, 11) is 0. The number of aromatic nitrogens is 3. The number of aryl methyl sites for hydroxylation is 4. The van der Waals surface area contributed by atoms with Crippen LogP contribution in [-0.2, 0) is 26.5 Å². The van der Waals surface area contributed by atoms with E-state index in [1.54, 1.807) is 18.2 Å². The standard InChI is InChI=1S/C62H49N4O.Pt/c1-38-22-30-48-46-15-8-9-16-47(46)51-19-13-21-56-61(51)65(60-40(3)14-12-18-52(60)53(48)32-38)37-64(56)44-28-23-39(2)58(34-44)67-45-29-31-50-49-17-10-11-20-55(49)66(57(50)35-45)59-33-41(4)54(36-63-59)42-24-26-43(27-25-42)62(5,6)7;/h8-33,36-37H,1-7H3;/q-3;/i2D3,4D3,10D,11D,17D,20D;. The third-order valence-electron chi connectivity index (χ3n) is 13.0. The second-order valence-electron chi connectivity index (χ2n) is 18.3. The summed E-state index contributed by atoms with van der Waals surface area (Å²) in [6.07, 6.45) is 1.47. The van der Waals surface area contributed by atoms with Crippen LogP contribution in [0.25, 0.3) is 82.1 Å². The molecule has 5 nitrogen and oxygen atoms in total. The molecular weight excluding hydrogens is 1010 g/mol. The van der Waals surface area contributed by atoms with Crippen molar-refractivity contribution >= 4 is 76.5 Å². The molecule has 0 saturated carbocycles. The van der Waals surface area contributed by atoms with E-state index in [0.29, 0.717) is 22.2 Å². The van der Waals surface area contributed by atoms with Gasteiger partial charge in [0.25, 0.3) is 0 Å². The molecule has 336 valence electrons. The third-order valence-corrected chi connectivity index (χ3v) is 13.0. The first-order chi connectivity index (χ1) is 36.6. The Balaban J connectivity index is 0.00000645. The molecule has 4 heterocycles. The first-order valence-corrected chi connectivity index (χ1v) is 22.3. The molecule has 0 saturated heterocycles. The molecule has 0 fully saturated rings. The minimum Gasteiger partial charge on any atom is -0.509 e. The predicted molar refractivity (Wildman–Crippen MR) is 280 cm³/mol. The van der Waals surface area contributed by atoms with Crippen LogP contribution in [0.1, 0.15) is 62.3 Å². The van der Waals surface area contributed by atoms with Crippen LogP contribution >= 0.6 is 0 Å². The van der Waals surface area contributed by atoms with Crippen molar-refractivity contribution in [2.75, 3.05) is 4.90 Å². The topological polar surface area (TPSA) is 35.2 Å². The van der Waals surface area contributed by atoms with E-state index in [0.717, 1.165) is 65.7 Å². The fourth-order valence-electron chi connectivity index (χ4n) is 9.71. The van der Waals surface area contributed by atoms with Crippen LogP contribution in [-0.4, -0.2) is 14.1 Å². The SMILES string of the molecule is [2H]c1c([2H])c([2H])c2c(c1[2H])c1ccc(Oc3[c-]c(N4[CH-]n5c6c(C)cccc6c6cc(C)ccc6c6ccccc6c6cccc4c65)ccc3C([2H])([2H])[2H])[c-]c1n2-c1cc(C([2H])([2H])[2H])c(-c2ccc(C(C)(C)C)cc2)cn1.[Pt]. The zero-order valence-electron chi connectivity index (χ0n) is 47.9. The van der Waals surface area contributed by atoms with E-state index < -0.39 is 25.8 Å². The van der Waals surface area contributed by atoms with Gasteiger partial charge < -0.3 is 18.8 Å². The number of nitrogens with zero attached hydrogens (tertiary/aromatic N) is 4. The van der Waals surface area contributed by atoms with E-state index in [1.807, 2.05) is 54.0 Å². The largest absolute Gasteiger partial charge is 0.509 e. The summed E-state index contributed by atoms with van der Waals surface area (Å²) in [5.74, 6) is -0.00724. The molecule has 0 N–H and O–H groups in total. The predicted octanol–water partition coefficient (Wildman–Crippen LogP) is 16.4. The van der Waals surface area contributed by atoms with Crippen LogP contribution in [0.3, 0.4) is 0 Å². The molecule has 6 heteroatoms. The first-order valence-electron chi connectivity index (χ1n) is 27.3. The molecular formula is C62H49N4OPt-3. The second kappa shape index (κ2) is 16.5. The van der Waals surface area contributed by atoms with Crippen molar-refractivity contribution in [1.29, 1.82) is 0 Å². The molecule has 12 rings (SSSR count). The number of anilines is 2. The number of fused-ring (bicyclic) bond motifs is 10. The van der Waals surface area contributed by atoms with Gasteiger partial charge in [-0.2, -0.15) is 12.1 Å². The van der Waals surface area contributed by atoms with Crippen molar-refractivity contribution in [2.24, 2.45) is 0 Å². The Morgan fingerprint density at radius 1 is 0.647 bits per heavy atom. The Bertz CT molecular complexity index is 4380. The number of hydrogen-bond acceptors (Lipinski definition) is 3. The van der Waals surface area contributed by atoms with Gasteiger partial charge in [0.05, 0.1) is 5.48 Å². The molecule has 0 radical (unpaired) electrons. The molecule has 3 aromatic heterocycles. The summed E-state index contributed by atoms with van der Waals surface area (Å²) in [4.78, 5) is 6.78. The summed E-state index contributed by atoms with van der Waals surface area (Å²) in [5, 5.41) is 6.92. The molecule has 11 aromatic rings. The van der Waals surface area contributed by atoms with Crippen molar-refractivity contribution in [1.82, 2.24) is 14.1 Å². The molecule has 1 aliphatic rings. The Labute approximate surface area is 425 Å². The summed E-state index contributed by atoms with van der Waals surface area (Å²) >= 11 is 0. The van der Waals surface area contributed by atoms with Crippen LogP contribution in [0, 0.1) is 46.4 Å². The van der Waals surface area contributed by atoms with Gasteiger partial charge in [-0.05, 0) is 111 Å². The Kier molecular flexibility index (Phi) is 8.04. The molecule has 0 atom stereocenters. The van der Waals surface area contributed by atoms with Gasteiger partial charge in [-0.3, -0.25) is 0 Å². The maximum Gasteiger partial charge on any atom is 0.135 e. The zero-order valence-corrected chi connectivity index (χ0v) is 40.1. The van der Waals surface area contributed by atoms with Crippen molar-refractivity contribution in [3.8, 4) is 28.4 Å². The normalized spacial score (nSPS) is 14.8. The van der Waals surface area contributed by atoms with Crippen molar-refractivity contribution in [2.45, 2.75) is 53.7 Å². The minimum absolute atomic E-state index is 0. The molecule has 1 aliphatic heterocycles. The van der Waals surface area contributed by atoms with Crippen molar-refractivity contribution in [3.05, 3.63) is 210 Å². The summed E-state index contributed by atoms with van der Waals surface area (Å²) < 4.78 is 98.1. The number of para-hydroxylation sites is 3. The molecule has 0 spiro atoms. The van der Waals surface area contributed by atoms with E-state index >= 15 is 0 Å². The number of hydrogen-bond donors (Lipinski definition) is 0. The van der Waals surface area contributed by atoms with Gasteiger partial charge in [0.2, 0.25) is 0 Å². The molecule has 68 heavy (non-hydrogen) atoms. The number of pyridine rings is 1. The van der Waals surface area contributed by atoms with Crippen LogP contribution in [0.4, 0.5) is 11.4 Å². The van der Waals surface area contributed by atoms with E-state index in [1.165, 1.54) is 22.9 Å². The van der Waals surface area contributed by atoms with E-state index in [-0.39, 0.29) is 83.4 Å². The van der Waals surface area contributed by atoms with Crippen LogP contribution < -0.4 is 9.64 Å². The van der Waals surface area contributed by atoms with Crippen LogP contribution in [0.2, 0.25) is 0 Å². The average Bonchev–Trinajstić information content (AvgIpc) is 3.74. The van der Waals surface area contributed by atoms with Gasteiger partial charge in [-0.15, -0.1) is 35.2 Å². The Morgan fingerprint density at radius 2 is 1.37 bits per heavy atom. The maximum atomic E-state index is 9.19. The van der Waals surface area contributed by atoms with E-state index in [4.69, 9.17) is 22.1 Å². The smallest absolute Gasteiger partial charge is 0.135 e. The van der Waals surface area contributed by atoms with E-state index in [9.17, 15) is 1.37 Å². The Morgan fingerprint density at radius 3 is 2.16 bits per heavy atom. The fourth-order valence-corrected chi connectivity index (χ4v) is 9.71. The molecule has 0 unspecified atom stereocenters. The van der Waals surface area contributed by atoms with Gasteiger partial charge in [-0.25, -0.2) is 4.98 Å². The molecule has 0 amide bonds. The average molecular weight is 1070 g/mol. The summed E-state index contributed by atoms with van der Waals surface area (Å²) in [6, 6.07) is 48.0. The minimum atomic E-state index is -2.66. The van der Waals surface area contributed by atoms with Gasteiger partial charge in [-0.1, -0.05) is 171 Å². The maximum absolute atomic E-state index is 9.19. The Hall–Kier alpha value is -7.33. The zero-order chi connectivity index (χ0) is 54.2. The molecule has 0 aliphatic carbocycles.